The van der Waals surface area contributed by atoms with Crippen molar-refractivity contribution in [3.05, 3.63) is 128 Å². The lowest BCUT2D eigenvalue weighted by Gasteiger charge is -2.22. The smallest absolute Gasteiger partial charge is 0.282 e. The average Bonchev–Trinajstić information content (AvgIpc) is 2.98. The number of rotatable bonds is 9. The number of hydrogen-bond donors (Lipinski definition) is 0. The van der Waals surface area contributed by atoms with Crippen LogP contribution in [0.4, 0.5) is 22.7 Å². The number of nitrogens with zero attached hydrogens (tertiary/aromatic N) is 4. The van der Waals surface area contributed by atoms with Gasteiger partial charge < -0.3 is 9.80 Å². The molecule has 0 spiro atoms. The minimum Gasteiger partial charge on any atom is -0.310 e. The van der Waals surface area contributed by atoms with E-state index in [1.54, 1.807) is 50.5 Å². The lowest BCUT2D eigenvalue weighted by Crippen LogP contribution is -2.27. The van der Waals surface area contributed by atoms with Crippen molar-refractivity contribution in [3.8, 4) is 0 Å². The van der Waals surface area contributed by atoms with Crippen molar-refractivity contribution in [3.63, 3.8) is 0 Å². The van der Waals surface area contributed by atoms with Gasteiger partial charge in [-0.2, -0.15) is 0 Å². The summed E-state index contributed by atoms with van der Waals surface area (Å²) in [5.74, 6) is -1.05. The summed E-state index contributed by atoms with van der Waals surface area (Å²) >= 11 is 0. The summed E-state index contributed by atoms with van der Waals surface area (Å²) in [5, 5.41) is 22.9. The van der Waals surface area contributed by atoms with Crippen LogP contribution in [0.15, 0.2) is 107 Å². The van der Waals surface area contributed by atoms with Crippen LogP contribution in [0, 0.1) is 20.2 Å². The Morgan fingerprint density at radius 2 is 0.900 bits per heavy atom. The Labute approximate surface area is 237 Å². The molecule has 2 amide bonds. The zero-order valence-corrected chi connectivity index (χ0v) is 22.9. The van der Waals surface area contributed by atoms with Crippen molar-refractivity contribution in [2.75, 3.05) is 23.9 Å². The van der Waals surface area contributed by atoms with Crippen molar-refractivity contribution in [1.82, 2.24) is 0 Å². The maximum atomic E-state index is 13.2. The van der Waals surface area contributed by atoms with E-state index in [4.69, 9.17) is 0 Å². The number of nitro benzene ring substituents is 2. The van der Waals surface area contributed by atoms with Crippen LogP contribution >= 0.6 is 21.6 Å². The third kappa shape index (κ3) is 5.98. The largest absolute Gasteiger partial charge is 0.310 e. The van der Waals surface area contributed by atoms with Crippen molar-refractivity contribution < 1.29 is 19.4 Å². The Bertz CT molecular complexity index is 1490. The van der Waals surface area contributed by atoms with Gasteiger partial charge >= 0.3 is 0 Å². The monoisotopic (exact) mass is 574 g/mol. The lowest BCUT2D eigenvalue weighted by molar-refractivity contribution is -0.385. The van der Waals surface area contributed by atoms with Gasteiger partial charge in [0.1, 0.15) is 11.1 Å². The molecule has 0 aliphatic carbocycles. The van der Waals surface area contributed by atoms with Crippen molar-refractivity contribution in [1.29, 1.82) is 0 Å². The maximum Gasteiger partial charge on any atom is 0.282 e. The molecule has 0 aliphatic rings. The van der Waals surface area contributed by atoms with E-state index in [0.29, 0.717) is 21.2 Å². The molecule has 0 radical (unpaired) electrons. The number of carbonyl (C=O) groups is 2. The van der Waals surface area contributed by atoms with E-state index < -0.39 is 21.7 Å². The highest BCUT2D eigenvalue weighted by Crippen LogP contribution is 2.45. The van der Waals surface area contributed by atoms with Gasteiger partial charge in [0.15, 0.2) is 0 Å². The fourth-order valence-corrected chi connectivity index (χ4v) is 6.32. The van der Waals surface area contributed by atoms with Crippen LogP contribution in [-0.4, -0.2) is 35.8 Å². The van der Waals surface area contributed by atoms with Crippen molar-refractivity contribution in [2.24, 2.45) is 0 Å². The molecule has 12 heteroatoms. The highest BCUT2D eigenvalue weighted by Gasteiger charge is 2.26. The van der Waals surface area contributed by atoms with Crippen LogP contribution in [0.25, 0.3) is 0 Å². The average molecular weight is 575 g/mol. The Morgan fingerprint density at radius 1 is 0.575 bits per heavy atom. The predicted molar refractivity (Wildman–Crippen MR) is 156 cm³/mol. The number of amides is 2. The van der Waals surface area contributed by atoms with Gasteiger partial charge in [-0.05, 0) is 36.4 Å². The SMILES string of the molecule is CN(C(=O)c1ccccc1[N+](=O)[O-])c1ccccc1SSc1ccccc1N(C)C(=O)c1ccccc1[N+](=O)[O-]. The maximum absolute atomic E-state index is 13.2. The fourth-order valence-electron chi connectivity index (χ4n) is 3.91. The van der Waals surface area contributed by atoms with Crippen molar-refractivity contribution in [2.45, 2.75) is 9.79 Å². The second-order valence-corrected chi connectivity index (χ2v) is 10.6. The predicted octanol–water partition coefficient (Wildman–Crippen LogP) is 6.86. The second kappa shape index (κ2) is 12.5. The number of para-hydroxylation sites is 4. The summed E-state index contributed by atoms with van der Waals surface area (Å²) in [6.07, 6.45) is 0. The summed E-state index contributed by atoms with van der Waals surface area (Å²) in [7, 11) is 5.79. The van der Waals surface area contributed by atoms with Gasteiger partial charge in [-0.15, -0.1) is 0 Å². The molecule has 0 fully saturated rings. The van der Waals surface area contributed by atoms with Crippen LogP contribution in [0.1, 0.15) is 20.7 Å². The molecule has 0 unspecified atom stereocenters. The normalized spacial score (nSPS) is 10.6. The third-order valence-electron chi connectivity index (χ3n) is 5.95. The van der Waals surface area contributed by atoms with Gasteiger partial charge in [0.2, 0.25) is 0 Å². The van der Waals surface area contributed by atoms with Gasteiger partial charge in [-0.3, -0.25) is 29.8 Å². The molecule has 0 atom stereocenters. The first-order chi connectivity index (χ1) is 19.2. The highest BCUT2D eigenvalue weighted by molar-refractivity contribution is 8.76. The third-order valence-corrected chi connectivity index (χ3v) is 8.41. The molecule has 4 rings (SSSR count). The van der Waals surface area contributed by atoms with Crippen LogP contribution in [0.3, 0.4) is 0 Å². The first kappa shape index (κ1) is 28.3. The number of hydrogen-bond acceptors (Lipinski definition) is 8. The topological polar surface area (TPSA) is 127 Å². The molecular formula is C28H22N4O6S2. The molecule has 202 valence electrons. The molecule has 40 heavy (non-hydrogen) atoms. The highest BCUT2D eigenvalue weighted by atomic mass is 33.1. The van der Waals surface area contributed by atoms with E-state index >= 15 is 0 Å². The van der Waals surface area contributed by atoms with E-state index in [0.717, 1.165) is 0 Å². The van der Waals surface area contributed by atoms with Crippen LogP contribution in [0.5, 0.6) is 0 Å². The van der Waals surface area contributed by atoms with Gasteiger partial charge in [0.05, 0.1) is 21.2 Å². The van der Waals surface area contributed by atoms with E-state index in [1.807, 2.05) is 24.3 Å². The molecule has 0 heterocycles. The molecule has 0 saturated heterocycles. The number of benzene rings is 4. The Kier molecular flexibility index (Phi) is 8.82. The minimum atomic E-state index is -0.587. The molecule has 0 bridgehead atoms. The number of carbonyl (C=O) groups excluding carboxylic acids is 2. The van der Waals surface area contributed by atoms with Crippen LogP contribution < -0.4 is 9.80 Å². The van der Waals surface area contributed by atoms with Gasteiger partial charge in [-0.1, -0.05) is 70.1 Å². The molecule has 0 N–H and O–H groups in total. The summed E-state index contributed by atoms with van der Waals surface area (Å²) < 4.78 is 0. The molecule has 0 saturated carbocycles. The van der Waals surface area contributed by atoms with Gasteiger partial charge in [0, 0.05) is 36.0 Å². The second-order valence-electron chi connectivity index (χ2n) is 8.38. The first-order valence-electron chi connectivity index (χ1n) is 11.8. The summed E-state index contributed by atoms with van der Waals surface area (Å²) in [5.41, 5.74) is 0.485. The first-order valence-corrected chi connectivity index (χ1v) is 13.9. The summed E-state index contributed by atoms with van der Waals surface area (Å²) in [6.45, 7) is 0. The summed E-state index contributed by atoms with van der Waals surface area (Å²) in [6, 6.07) is 25.8. The summed E-state index contributed by atoms with van der Waals surface area (Å²) in [4.78, 5) is 52.4. The number of anilines is 2. The standard InChI is InChI=1S/C28H22N4O6S2/c1-29(27(33)19-11-3-5-13-21(19)31(35)36)23-15-7-9-17-25(23)39-40-26-18-10-8-16-24(26)30(2)28(34)20-12-4-6-14-22(20)32(37)38/h3-18H,1-2H3. The van der Waals surface area contributed by atoms with E-state index in [9.17, 15) is 29.8 Å². The zero-order valence-electron chi connectivity index (χ0n) is 21.3. The molecule has 10 nitrogen and oxygen atoms in total. The van der Waals surface area contributed by atoms with E-state index in [2.05, 4.69) is 0 Å². The number of nitro groups is 2. The Balaban J connectivity index is 1.59. The van der Waals surface area contributed by atoms with Crippen LogP contribution in [-0.2, 0) is 0 Å². The van der Waals surface area contributed by atoms with Gasteiger partial charge in [-0.25, -0.2) is 0 Å². The van der Waals surface area contributed by atoms with Crippen LogP contribution in [0.2, 0.25) is 0 Å². The van der Waals surface area contributed by atoms with E-state index in [1.165, 1.54) is 67.8 Å². The minimum absolute atomic E-state index is 0.0251. The lowest BCUT2D eigenvalue weighted by atomic mass is 10.1. The quantitative estimate of drug-likeness (QED) is 0.121. The van der Waals surface area contributed by atoms with Gasteiger partial charge in [0.25, 0.3) is 23.2 Å². The van der Waals surface area contributed by atoms with E-state index in [-0.39, 0.29) is 22.5 Å². The molecule has 4 aromatic carbocycles. The van der Waals surface area contributed by atoms with Crippen molar-refractivity contribution >= 4 is 56.2 Å². The Hall–Kier alpha value is -4.68. The molecule has 0 aromatic heterocycles. The molecule has 4 aromatic rings. The zero-order chi connectivity index (χ0) is 28.8. The molecule has 0 aliphatic heterocycles. The molecular weight excluding hydrogens is 552 g/mol. The Morgan fingerprint density at radius 3 is 1.27 bits per heavy atom. The fraction of sp³-hybridized carbons (Fsp3) is 0.0714.